The third-order valence-corrected chi connectivity index (χ3v) is 4.46. The molecule has 0 aromatic heterocycles. The van der Waals surface area contributed by atoms with E-state index in [1.54, 1.807) is 23.1 Å². The summed E-state index contributed by atoms with van der Waals surface area (Å²) in [6, 6.07) is 4.45. The Morgan fingerprint density at radius 1 is 1.29 bits per heavy atom. The van der Waals surface area contributed by atoms with Crippen molar-refractivity contribution in [2.24, 2.45) is 0 Å². The molecule has 128 valence electrons. The number of hydrogen-bond acceptors (Lipinski definition) is 6. The maximum Gasteiger partial charge on any atom is 0.327 e. The lowest BCUT2D eigenvalue weighted by Gasteiger charge is -2.19. The number of amides is 3. The van der Waals surface area contributed by atoms with Crippen LogP contribution in [0.25, 0.3) is 0 Å². The molecule has 2 fully saturated rings. The molecule has 8 nitrogen and oxygen atoms in total. The minimum Gasteiger partial charge on any atom is -0.491 e. The van der Waals surface area contributed by atoms with Gasteiger partial charge in [0.1, 0.15) is 24.5 Å². The minimum absolute atomic E-state index is 0.0264. The van der Waals surface area contributed by atoms with Crippen LogP contribution < -0.4 is 14.2 Å². The minimum atomic E-state index is -0.955. The highest BCUT2D eigenvalue weighted by Gasteiger charge is 2.47. The van der Waals surface area contributed by atoms with Crippen molar-refractivity contribution in [1.82, 2.24) is 9.80 Å². The number of ether oxygens (including phenoxy) is 3. The summed E-state index contributed by atoms with van der Waals surface area (Å²) in [5, 5.41) is 10.1. The molecule has 3 heterocycles. The zero-order chi connectivity index (χ0) is 16.7. The smallest absolute Gasteiger partial charge is 0.327 e. The highest BCUT2D eigenvalue weighted by molar-refractivity contribution is 6.04. The summed E-state index contributed by atoms with van der Waals surface area (Å²) in [7, 11) is 0. The normalized spacial score (nSPS) is 23.0. The number of carbonyl (C=O) groups excluding carboxylic acids is 2. The lowest BCUT2D eigenvalue weighted by Crippen LogP contribution is -2.41. The monoisotopic (exact) mass is 334 g/mol. The largest absolute Gasteiger partial charge is 0.491 e. The third-order valence-electron chi connectivity index (χ3n) is 4.46. The van der Waals surface area contributed by atoms with Gasteiger partial charge < -0.3 is 24.2 Å². The number of rotatable bonds is 5. The van der Waals surface area contributed by atoms with Crippen molar-refractivity contribution in [3.05, 3.63) is 18.2 Å². The van der Waals surface area contributed by atoms with Gasteiger partial charge in [0, 0.05) is 12.6 Å². The van der Waals surface area contributed by atoms with E-state index in [4.69, 9.17) is 14.2 Å². The van der Waals surface area contributed by atoms with E-state index in [0.717, 1.165) is 11.3 Å². The Balaban J connectivity index is 1.33. The Labute approximate surface area is 138 Å². The van der Waals surface area contributed by atoms with E-state index in [1.807, 2.05) is 0 Å². The van der Waals surface area contributed by atoms with Crippen molar-refractivity contribution in [3.8, 4) is 17.2 Å². The number of fused-ring (bicyclic) bond motifs is 2. The molecular formula is C16H18N2O6. The molecule has 0 bridgehead atoms. The molecule has 1 aromatic rings. The van der Waals surface area contributed by atoms with E-state index in [0.29, 0.717) is 30.2 Å². The summed E-state index contributed by atoms with van der Waals surface area (Å²) >= 11 is 0. The van der Waals surface area contributed by atoms with Crippen LogP contribution in [0.5, 0.6) is 17.2 Å². The molecule has 3 aliphatic heterocycles. The van der Waals surface area contributed by atoms with Gasteiger partial charge >= 0.3 is 6.03 Å². The molecular weight excluding hydrogens is 316 g/mol. The van der Waals surface area contributed by atoms with Crippen molar-refractivity contribution < 1.29 is 28.9 Å². The van der Waals surface area contributed by atoms with Gasteiger partial charge in [0.05, 0.1) is 6.54 Å². The van der Waals surface area contributed by atoms with E-state index in [1.165, 1.54) is 0 Å². The second-order valence-electron chi connectivity index (χ2n) is 6.06. The topological polar surface area (TPSA) is 88.5 Å². The Hall–Kier alpha value is -2.48. The van der Waals surface area contributed by atoms with Crippen LogP contribution in [0.4, 0.5) is 4.79 Å². The molecule has 1 aromatic carbocycles. The highest BCUT2D eigenvalue weighted by atomic mass is 16.7. The first-order valence-corrected chi connectivity index (χ1v) is 7.96. The van der Waals surface area contributed by atoms with Crippen molar-refractivity contribution in [3.63, 3.8) is 0 Å². The van der Waals surface area contributed by atoms with Gasteiger partial charge in [-0.25, -0.2) is 4.79 Å². The van der Waals surface area contributed by atoms with Gasteiger partial charge in [-0.1, -0.05) is 0 Å². The van der Waals surface area contributed by atoms with E-state index >= 15 is 0 Å². The Morgan fingerprint density at radius 3 is 2.96 bits per heavy atom. The van der Waals surface area contributed by atoms with Crippen LogP contribution in [0.2, 0.25) is 0 Å². The van der Waals surface area contributed by atoms with Crippen LogP contribution >= 0.6 is 0 Å². The average Bonchev–Trinajstić information content (AvgIpc) is 3.28. The van der Waals surface area contributed by atoms with Crippen molar-refractivity contribution in [1.29, 1.82) is 0 Å². The molecule has 0 radical (unpaired) electrons. The van der Waals surface area contributed by atoms with E-state index in [9.17, 15) is 14.7 Å². The maximum atomic E-state index is 12.2. The van der Waals surface area contributed by atoms with Crippen LogP contribution in [0.1, 0.15) is 12.8 Å². The number of imide groups is 1. The quantitative estimate of drug-likeness (QED) is 0.793. The summed E-state index contributed by atoms with van der Waals surface area (Å²) < 4.78 is 16.0. The number of carbonyl (C=O) groups is 2. The van der Waals surface area contributed by atoms with Crippen molar-refractivity contribution >= 4 is 11.9 Å². The number of urea groups is 1. The molecule has 8 heteroatoms. The number of hydrogen-bond donors (Lipinski definition) is 1. The zero-order valence-corrected chi connectivity index (χ0v) is 13.0. The molecule has 0 aliphatic carbocycles. The molecule has 1 N–H and O–H groups in total. The summed E-state index contributed by atoms with van der Waals surface area (Å²) in [6.07, 6.45) is 0.597. The Bertz CT molecular complexity index is 657. The Kier molecular flexibility index (Phi) is 3.68. The maximum absolute atomic E-state index is 12.2. The van der Waals surface area contributed by atoms with Gasteiger partial charge in [0.25, 0.3) is 5.91 Å². The number of β-amino-alcohol motifs (C(OH)–C–C–N with tert-alkyl or cyclic N) is 1. The Morgan fingerprint density at radius 2 is 2.12 bits per heavy atom. The van der Waals surface area contributed by atoms with Crippen LogP contribution in [0.3, 0.4) is 0 Å². The van der Waals surface area contributed by atoms with Crippen molar-refractivity contribution in [2.45, 2.75) is 25.0 Å². The van der Waals surface area contributed by atoms with Crippen molar-refractivity contribution in [2.75, 3.05) is 26.5 Å². The van der Waals surface area contributed by atoms with Crippen LogP contribution in [-0.2, 0) is 4.79 Å². The first-order chi connectivity index (χ1) is 11.6. The molecule has 0 spiro atoms. The zero-order valence-electron chi connectivity index (χ0n) is 13.0. The number of aliphatic hydroxyl groups is 1. The summed E-state index contributed by atoms with van der Waals surface area (Å²) in [5.41, 5.74) is 0. The van der Waals surface area contributed by atoms with E-state index in [2.05, 4.69) is 0 Å². The fourth-order valence-corrected chi connectivity index (χ4v) is 3.27. The van der Waals surface area contributed by atoms with Gasteiger partial charge in [-0.05, 0) is 25.0 Å². The predicted molar refractivity (Wildman–Crippen MR) is 80.9 cm³/mol. The first kappa shape index (κ1) is 15.1. The third kappa shape index (κ3) is 2.52. The lowest BCUT2D eigenvalue weighted by atomic mass is 10.2. The van der Waals surface area contributed by atoms with Gasteiger partial charge in [-0.3, -0.25) is 9.69 Å². The van der Waals surface area contributed by atoms with E-state index in [-0.39, 0.29) is 37.9 Å². The first-order valence-electron chi connectivity index (χ1n) is 7.96. The number of aliphatic hydroxyl groups excluding tert-OH is 1. The fourth-order valence-electron chi connectivity index (χ4n) is 3.27. The second kappa shape index (κ2) is 5.86. The lowest BCUT2D eigenvalue weighted by molar-refractivity contribution is -0.129. The molecule has 3 amide bonds. The van der Waals surface area contributed by atoms with Gasteiger partial charge in [-0.15, -0.1) is 0 Å². The second-order valence-corrected chi connectivity index (χ2v) is 6.06. The van der Waals surface area contributed by atoms with Crippen LogP contribution in [0.15, 0.2) is 18.2 Å². The van der Waals surface area contributed by atoms with Crippen LogP contribution in [0, 0.1) is 0 Å². The van der Waals surface area contributed by atoms with E-state index < -0.39 is 6.10 Å². The van der Waals surface area contributed by atoms with Crippen LogP contribution in [-0.4, -0.2) is 65.5 Å². The SMILES string of the molecule is O=C1[C@@H]2CCCN2C(=O)N1C[C@H](O)COc1ccc2c(c1)OCO2. The average molecular weight is 334 g/mol. The van der Waals surface area contributed by atoms with Gasteiger partial charge in [-0.2, -0.15) is 0 Å². The number of nitrogens with zero attached hydrogens (tertiary/aromatic N) is 2. The predicted octanol–water partition coefficient (Wildman–Crippen LogP) is 0.582. The fraction of sp³-hybridized carbons (Fsp3) is 0.500. The highest BCUT2D eigenvalue weighted by Crippen LogP contribution is 2.35. The van der Waals surface area contributed by atoms with Gasteiger partial charge in [0.15, 0.2) is 11.5 Å². The molecule has 0 unspecified atom stereocenters. The standard InChI is InChI=1S/C16H18N2O6/c19-10(7-18-15(20)12-2-1-5-17(12)16(18)21)8-22-11-3-4-13-14(6-11)24-9-23-13/h3-4,6,10,12,19H,1-2,5,7-9H2/t10-,12-/m0/s1. The summed E-state index contributed by atoms with van der Waals surface area (Å²) in [4.78, 5) is 27.1. The molecule has 24 heavy (non-hydrogen) atoms. The summed E-state index contributed by atoms with van der Waals surface area (Å²) in [6.45, 7) is 0.699. The molecule has 4 rings (SSSR count). The summed E-state index contributed by atoms with van der Waals surface area (Å²) in [5.74, 6) is 1.54. The van der Waals surface area contributed by atoms with Gasteiger partial charge in [0.2, 0.25) is 6.79 Å². The molecule has 2 atom stereocenters. The number of benzene rings is 1. The molecule has 3 aliphatic rings. The molecule has 0 saturated carbocycles. The molecule has 2 saturated heterocycles.